The normalized spacial score (nSPS) is 18.8. The Bertz CT molecular complexity index is 718. The lowest BCUT2D eigenvalue weighted by Gasteiger charge is -2.32. The smallest absolute Gasteiger partial charge is 0.492 e. The Labute approximate surface area is 152 Å². The van der Waals surface area contributed by atoms with E-state index in [1.165, 1.54) is 20.1 Å². The van der Waals surface area contributed by atoms with Gasteiger partial charge in [-0.1, -0.05) is 6.08 Å². The number of carbonyl (C=O) groups excluding carboxylic acids is 1. The van der Waals surface area contributed by atoms with Crippen LogP contribution < -0.4 is 10.1 Å². The van der Waals surface area contributed by atoms with Crippen molar-refractivity contribution >= 4 is 19.1 Å². The third kappa shape index (κ3) is 4.24. The van der Waals surface area contributed by atoms with Crippen LogP contribution in [0.4, 0.5) is 8.78 Å². The maximum absolute atomic E-state index is 14.0. The average molecular weight is 367 g/mol. The van der Waals surface area contributed by atoms with Crippen LogP contribution in [0.5, 0.6) is 5.75 Å². The maximum atomic E-state index is 14.0. The van der Waals surface area contributed by atoms with Gasteiger partial charge in [-0.05, 0) is 39.2 Å². The van der Waals surface area contributed by atoms with Crippen LogP contribution >= 0.6 is 0 Å². The molecule has 1 saturated heterocycles. The fourth-order valence-corrected chi connectivity index (χ4v) is 2.53. The van der Waals surface area contributed by atoms with Crippen LogP contribution in [0.15, 0.2) is 17.6 Å². The molecule has 0 bridgehead atoms. The number of ether oxygens (including phenoxy) is 1. The second-order valence-electron chi connectivity index (χ2n) is 7.23. The summed E-state index contributed by atoms with van der Waals surface area (Å²) in [6.07, 6.45) is 1.52. The summed E-state index contributed by atoms with van der Waals surface area (Å²) < 4.78 is 44.7. The monoisotopic (exact) mass is 367 g/mol. The Hall–Kier alpha value is -1.93. The summed E-state index contributed by atoms with van der Waals surface area (Å²) in [6.45, 7) is 9.06. The Balaban J connectivity index is 2.46. The van der Waals surface area contributed by atoms with Crippen LogP contribution in [0.25, 0.3) is 6.08 Å². The lowest BCUT2D eigenvalue weighted by molar-refractivity contribution is -0.118. The van der Waals surface area contributed by atoms with E-state index in [-0.39, 0.29) is 23.8 Å². The number of rotatable bonds is 5. The molecule has 0 atom stereocenters. The van der Waals surface area contributed by atoms with E-state index in [2.05, 4.69) is 5.32 Å². The number of hydrogen-bond acceptors (Lipinski definition) is 4. The highest BCUT2D eigenvalue weighted by Crippen LogP contribution is 2.39. The van der Waals surface area contributed by atoms with E-state index in [9.17, 15) is 13.6 Å². The van der Waals surface area contributed by atoms with Gasteiger partial charge in [0.1, 0.15) is 5.82 Å². The number of amides is 1. The Morgan fingerprint density at radius 3 is 2.31 bits per heavy atom. The van der Waals surface area contributed by atoms with Crippen molar-refractivity contribution in [1.82, 2.24) is 5.32 Å². The fourth-order valence-electron chi connectivity index (χ4n) is 2.53. The predicted molar refractivity (Wildman–Crippen MR) is 95.7 cm³/mol. The van der Waals surface area contributed by atoms with Gasteiger partial charge in [0.05, 0.1) is 18.3 Å². The third-order valence-electron chi connectivity index (χ3n) is 4.68. The van der Waals surface area contributed by atoms with Crippen molar-refractivity contribution in [2.24, 2.45) is 0 Å². The van der Waals surface area contributed by atoms with Crippen molar-refractivity contribution in [2.45, 2.75) is 45.8 Å². The second-order valence-corrected chi connectivity index (χ2v) is 7.23. The average Bonchev–Trinajstić information content (AvgIpc) is 2.71. The van der Waals surface area contributed by atoms with Crippen molar-refractivity contribution in [3.05, 3.63) is 34.8 Å². The van der Waals surface area contributed by atoms with E-state index in [0.717, 1.165) is 12.1 Å². The van der Waals surface area contributed by atoms with Gasteiger partial charge in [-0.2, -0.15) is 0 Å². The molecule has 0 spiro atoms. The van der Waals surface area contributed by atoms with Crippen molar-refractivity contribution in [2.75, 3.05) is 13.7 Å². The summed E-state index contributed by atoms with van der Waals surface area (Å²) in [5.41, 5.74) is -0.476. The molecular weight excluding hydrogens is 343 g/mol. The van der Waals surface area contributed by atoms with Crippen LogP contribution in [0.2, 0.25) is 0 Å². The largest absolute Gasteiger partial charge is 0.493 e. The first kappa shape index (κ1) is 20.4. The zero-order valence-corrected chi connectivity index (χ0v) is 15.9. The number of halogens is 2. The predicted octanol–water partition coefficient (Wildman–Crippen LogP) is 3.12. The van der Waals surface area contributed by atoms with Gasteiger partial charge < -0.3 is 19.4 Å². The Morgan fingerprint density at radius 1 is 1.23 bits per heavy atom. The van der Waals surface area contributed by atoms with Crippen molar-refractivity contribution in [3.8, 4) is 5.75 Å². The molecule has 1 aliphatic heterocycles. The van der Waals surface area contributed by atoms with E-state index in [0.29, 0.717) is 5.47 Å². The number of carbonyl (C=O) groups is 1. The molecule has 8 heteroatoms. The Kier molecular flexibility index (Phi) is 5.77. The van der Waals surface area contributed by atoms with Gasteiger partial charge in [-0.25, -0.2) is 8.78 Å². The standard InChI is InChI=1S/C18H24BF2NO4/c1-11(23)22-10-13(19-25-17(2,3)18(4,5)26-19)7-12-8-14(20)9-15(21)16(12)24-6/h7-9H,10H2,1-6H3,(H,22,23). The van der Waals surface area contributed by atoms with Crippen LogP contribution in [0, 0.1) is 11.6 Å². The van der Waals surface area contributed by atoms with E-state index in [1.54, 1.807) is 0 Å². The van der Waals surface area contributed by atoms with E-state index in [1.807, 2.05) is 27.7 Å². The number of nitrogens with one attached hydrogen (secondary N) is 1. The molecule has 1 aliphatic rings. The topological polar surface area (TPSA) is 56.8 Å². The number of methoxy groups -OCH3 is 1. The molecular formula is C18H24BF2NO4. The molecule has 0 unspecified atom stereocenters. The summed E-state index contributed by atoms with van der Waals surface area (Å²) in [7, 11) is 0.526. The van der Waals surface area contributed by atoms with Gasteiger partial charge in [-0.3, -0.25) is 4.79 Å². The lowest BCUT2D eigenvalue weighted by atomic mass is 9.77. The molecule has 0 aromatic heterocycles. The molecule has 2 rings (SSSR count). The van der Waals surface area contributed by atoms with Gasteiger partial charge in [-0.15, -0.1) is 0 Å². The van der Waals surface area contributed by atoms with Gasteiger partial charge in [0, 0.05) is 25.1 Å². The minimum absolute atomic E-state index is 0.0942. The highest BCUT2D eigenvalue weighted by atomic mass is 19.1. The van der Waals surface area contributed by atoms with Gasteiger partial charge in [0.25, 0.3) is 0 Å². The molecule has 0 aliphatic carbocycles. The zero-order valence-electron chi connectivity index (χ0n) is 15.9. The SMILES string of the molecule is COc1c(F)cc(F)cc1C=C(CNC(C)=O)B1OC(C)(C)C(C)(C)O1. The van der Waals surface area contributed by atoms with Crippen LogP contribution in [0.3, 0.4) is 0 Å². The summed E-state index contributed by atoms with van der Waals surface area (Å²) in [5.74, 6) is -1.89. The number of benzene rings is 1. The van der Waals surface area contributed by atoms with Crippen molar-refractivity contribution in [1.29, 1.82) is 0 Å². The summed E-state index contributed by atoms with van der Waals surface area (Å²) in [4.78, 5) is 11.3. The molecule has 1 aromatic rings. The summed E-state index contributed by atoms with van der Waals surface area (Å²) >= 11 is 0. The first-order chi connectivity index (χ1) is 12.0. The van der Waals surface area contributed by atoms with E-state index in [4.69, 9.17) is 14.0 Å². The second kappa shape index (κ2) is 7.36. The van der Waals surface area contributed by atoms with E-state index < -0.39 is 30.0 Å². The van der Waals surface area contributed by atoms with E-state index >= 15 is 0 Å². The molecule has 1 N–H and O–H groups in total. The summed E-state index contributed by atoms with van der Waals surface area (Å²) in [5, 5.41) is 2.67. The Morgan fingerprint density at radius 2 is 1.81 bits per heavy atom. The molecule has 142 valence electrons. The maximum Gasteiger partial charge on any atom is 0.492 e. The first-order valence-electron chi connectivity index (χ1n) is 8.30. The lowest BCUT2D eigenvalue weighted by Crippen LogP contribution is -2.41. The fraction of sp³-hybridized carbons (Fsp3) is 0.500. The van der Waals surface area contributed by atoms with Crippen LogP contribution in [-0.2, 0) is 14.1 Å². The molecule has 1 fully saturated rings. The molecule has 0 saturated carbocycles. The molecule has 5 nitrogen and oxygen atoms in total. The quantitative estimate of drug-likeness (QED) is 0.813. The van der Waals surface area contributed by atoms with Gasteiger partial charge in [0.15, 0.2) is 11.6 Å². The highest BCUT2D eigenvalue weighted by molar-refractivity contribution is 6.56. The zero-order chi connectivity index (χ0) is 19.7. The minimum atomic E-state index is -0.813. The van der Waals surface area contributed by atoms with Crippen LogP contribution in [0.1, 0.15) is 40.2 Å². The van der Waals surface area contributed by atoms with Crippen molar-refractivity contribution in [3.63, 3.8) is 0 Å². The molecule has 1 aromatic carbocycles. The molecule has 1 heterocycles. The third-order valence-corrected chi connectivity index (χ3v) is 4.68. The minimum Gasteiger partial charge on any atom is -0.493 e. The summed E-state index contributed by atoms with van der Waals surface area (Å²) in [6, 6.07) is 1.90. The highest BCUT2D eigenvalue weighted by Gasteiger charge is 2.52. The first-order valence-corrected chi connectivity index (χ1v) is 8.30. The van der Waals surface area contributed by atoms with Crippen LogP contribution in [-0.4, -0.2) is 37.9 Å². The molecule has 0 radical (unpaired) electrons. The number of hydrogen-bond donors (Lipinski definition) is 1. The molecule has 1 amide bonds. The van der Waals surface area contributed by atoms with Crippen molar-refractivity contribution < 1.29 is 27.6 Å². The molecule has 26 heavy (non-hydrogen) atoms. The van der Waals surface area contributed by atoms with Gasteiger partial charge in [0.2, 0.25) is 5.91 Å². The van der Waals surface area contributed by atoms with Gasteiger partial charge >= 0.3 is 7.12 Å².